The molecule has 0 heterocycles. The van der Waals surface area contributed by atoms with Crippen molar-refractivity contribution in [1.29, 1.82) is 0 Å². The van der Waals surface area contributed by atoms with Crippen molar-refractivity contribution in [2.75, 3.05) is 26.7 Å². The summed E-state index contributed by atoms with van der Waals surface area (Å²) >= 11 is 0. The molecule has 0 saturated heterocycles. The number of halogens is 1. The highest BCUT2D eigenvalue weighted by molar-refractivity contribution is 5.24. The van der Waals surface area contributed by atoms with E-state index in [-0.39, 0.29) is 5.82 Å². The zero-order chi connectivity index (χ0) is 14.4. The van der Waals surface area contributed by atoms with Gasteiger partial charge in [-0.3, -0.25) is 0 Å². The lowest BCUT2D eigenvalue weighted by atomic mass is 10.1. The van der Waals surface area contributed by atoms with Crippen LogP contribution in [0.2, 0.25) is 0 Å². The maximum Gasteiger partial charge on any atom is 0.128 e. The van der Waals surface area contributed by atoms with Gasteiger partial charge >= 0.3 is 0 Å². The average Bonchev–Trinajstić information content (AvgIpc) is 3.28. The van der Waals surface area contributed by atoms with Gasteiger partial charge in [-0.1, -0.05) is 13.0 Å². The van der Waals surface area contributed by atoms with E-state index in [4.69, 9.17) is 4.74 Å². The maximum absolute atomic E-state index is 13.7. The number of rotatable bonds is 9. The van der Waals surface area contributed by atoms with Gasteiger partial charge in [-0.15, -0.1) is 0 Å². The van der Waals surface area contributed by atoms with E-state index in [1.807, 2.05) is 12.1 Å². The van der Waals surface area contributed by atoms with Crippen LogP contribution in [0.4, 0.5) is 4.39 Å². The van der Waals surface area contributed by atoms with Crippen LogP contribution in [-0.2, 0) is 17.9 Å². The Kier molecular flexibility index (Phi) is 5.95. The van der Waals surface area contributed by atoms with E-state index in [1.165, 1.54) is 18.9 Å². The number of likely N-dealkylation sites (N-methyl/N-ethyl adjacent to an activating group) is 1. The van der Waals surface area contributed by atoms with Crippen molar-refractivity contribution in [3.05, 3.63) is 35.1 Å². The van der Waals surface area contributed by atoms with E-state index in [0.717, 1.165) is 31.2 Å². The van der Waals surface area contributed by atoms with Crippen LogP contribution in [0.5, 0.6) is 0 Å². The molecule has 0 unspecified atom stereocenters. The van der Waals surface area contributed by atoms with Gasteiger partial charge in [0.2, 0.25) is 0 Å². The van der Waals surface area contributed by atoms with E-state index in [0.29, 0.717) is 18.8 Å². The predicted molar refractivity (Wildman–Crippen MR) is 79.1 cm³/mol. The molecule has 0 radical (unpaired) electrons. The topological polar surface area (TPSA) is 24.5 Å². The minimum atomic E-state index is -0.180. The summed E-state index contributed by atoms with van der Waals surface area (Å²) in [5, 5.41) is 3.24. The zero-order valence-electron chi connectivity index (χ0n) is 12.5. The summed E-state index contributed by atoms with van der Waals surface area (Å²) < 4.78 is 19.3. The molecule has 0 aliphatic heterocycles. The van der Waals surface area contributed by atoms with Crippen molar-refractivity contribution >= 4 is 0 Å². The molecule has 0 amide bonds. The average molecular weight is 280 g/mol. The molecule has 1 N–H and O–H groups in total. The van der Waals surface area contributed by atoms with Crippen LogP contribution in [-0.4, -0.2) is 37.7 Å². The first-order valence-corrected chi connectivity index (χ1v) is 7.46. The summed E-state index contributed by atoms with van der Waals surface area (Å²) in [4.78, 5) is 2.32. The third-order valence-electron chi connectivity index (χ3n) is 3.71. The Labute approximate surface area is 121 Å². The van der Waals surface area contributed by atoms with Crippen molar-refractivity contribution in [2.24, 2.45) is 0 Å². The van der Waals surface area contributed by atoms with Gasteiger partial charge in [-0.25, -0.2) is 4.39 Å². The van der Waals surface area contributed by atoms with Crippen molar-refractivity contribution in [2.45, 2.75) is 39.0 Å². The SMILES string of the molecule is CCNCc1ccc(F)c(COCCN(C)C2CC2)c1. The molecule has 3 nitrogen and oxygen atoms in total. The second-order valence-corrected chi connectivity index (χ2v) is 5.47. The van der Waals surface area contributed by atoms with Gasteiger partial charge in [0, 0.05) is 24.7 Å². The molecule has 0 bridgehead atoms. The van der Waals surface area contributed by atoms with Gasteiger partial charge in [0.05, 0.1) is 13.2 Å². The second kappa shape index (κ2) is 7.72. The van der Waals surface area contributed by atoms with Gasteiger partial charge in [0.1, 0.15) is 5.82 Å². The molecule has 1 aliphatic rings. The van der Waals surface area contributed by atoms with Gasteiger partial charge in [-0.05, 0) is 44.1 Å². The van der Waals surface area contributed by atoms with E-state index in [9.17, 15) is 4.39 Å². The maximum atomic E-state index is 13.7. The van der Waals surface area contributed by atoms with Gasteiger partial charge in [0.15, 0.2) is 0 Å². The summed E-state index contributed by atoms with van der Waals surface area (Å²) in [5.74, 6) is -0.180. The summed E-state index contributed by atoms with van der Waals surface area (Å²) in [7, 11) is 2.12. The van der Waals surface area contributed by atoms with Crippen molar-refractivity contribution in [3.63, 3.8) is 0 Å². The molecule has 4 heteroatoms. The molecule has 0 aromatic heterocycles. The van der Waals surface area contributed by atoms with Crippen LogP contribution in [0.15, 0.2) is 18.2 Å². The molecular weight excluding hydrogens is 255 g/mol. The van der Waals surface area contributed by atoms with Crippen LogP contribution in [0, 0.1) is 5.82 Å². The third kappa shape index (κ3) is 4.85. The molecule has 1 fully saturated rings. The summed E-state index contributed by atoms with van der Waals surface area (Å²) in [6.07, 6.45) is 2.61. The number of hydrogen-bond donors (Lipinski definition) is 1. The van der Waals surface area contributed by atoms with Gasteiger partial charge in [0.25, 0.3) is 0 Å². The fourth-order valence-corrected chi connectivity index (χ4v) is 2.21. The van der Waals surface area contributed by atoms with E-state index in [1.54, 1.807) is 0 Å². The number of benzene rings is 1. The van der Waals surface area contributed by atoms with Crippen LogP contribution in [0.1, 0.15) is 30.9 Å². The van der Waals surface area contributed by atoms with Gasteiger partial charge < -0.3 is 15.0 Å². The Morgan fingerprint density at radius 1 is 1.40 bits per heavy atom. The summed E-state index contributed by atoms with van der Waals surface area (Å²) in [6.45, 7) is 5.67. The predicted octanol–water partition coefficient (Wildman–Crippen LogP) is 2.55. The minimum Gasteiger partial charge on any atom is -0.375 e. The molecule has 2 rings (SSSR count). The van der Waals surface area contributed by atoms with Crippen LogP contribution in [0.3, 0.4) is 0 Å². The van der Waals surface area contributed by atoms with Crippen molar-refractivity contribution in [3.8, 4) is 0 Å². The lowest BCUT2D eigenvalue weighted by Gasteiger charge is -2.15. The third-order valence-corrected chi connectivity index (χ3v) is 3.71. The minimum absolute atomic E-state index is 0.180. The van der Waals surface area contributed by atoms with E-state index >= 15 is 0 Å². The summed E-state index contributed by atoms with van der Waals surface area (Å²) in [5.41, 5.74) is 1.75. The largest absolute Gasteiger partial charge is 0.375 e. The zero-order valence-corrected chi connectivity index (χ0v) is 12.5. The first-order valence-electron chi connectivity index (χ1n) is 7.46. The molecule has 0 atom stereocenters. The fourth-order valence-electron chi connectivity index (χ4n) is 2.21. The van der Waals surface area contributed by atoms with Crippen LogP contribution in [0.25, 0.3) is 0 Å². The number of hydrogen-bond acceptors (Lipinski definition) is 3. The highest BCUT2D eigenvalue weighted by Crippen LogP contribution is 2.24. The smallest absolute Gasteiger partial charge is 0.128 e. The standard InChI is InChI=1S/C16H25FN2O/c1-3-18-11-13-4-7-16(17)14(10-13)12-20-9-8-19(2)15-5-6-15/h4,7,10,15,18H,3,5-6,8-9,11-12H2,1-2H3. The quantitative estimate of drug-likeness (QED) is 0.704. The molecule has 1 aromatic carbocycles. The summed E-state index contributed by atoms with van der Waals surface area (Å²) in [6, 6.07) is 5.99. The lowest BCUT2D eigenvalue weighted by molar-refractivity contribution is 0.0959. The number of nitrogens with zero attached hydrogens (tertiary/aromatic N) is 1. The Bertz CT molecular complexity index is 421. The molecule has 1 aliphatic carbocycles. The molecule has 20 heavy (non-hydrogen) atoms. The lowest BCUT2D eigenvalue weighted by Crippen LogP contribution is -2.25. The number of ether oxygens (including phenoxy) is 1. The highest BCUT2D eigenvalue weighted by atomic mass is 19.1. The Balaban J connectivity index is 1.75. The normalized spacial score (nSPS) is 15.0. The molecular formula is C16H25FN2O. The fraction of sp³-hybridized carbons (Fsp3) is 0.625. The molecule has 0 spiro atoms. The highest BCUT2D eigenvalue weighted by Gasteiger charge is 2.25. The van der Waals surface area contributed by atoms with Crippen LogP contribution >= 0.6 is 0 Å². The monoisotopic (exact) mass is 280 g/mol. The molecule has 1 saturated carbocycles. The van der Waals surface area contributed by atoms with Crippen molar-refractivity contribution < 1.29 is 9.13 Å². The first kappa shape index (κ1) is 15.4. The Hall–Kier alpha value is -0.970. The number of nitrogens with one attached hydrogen (secondary N) is 1. The van der Waals surface area contributed by atoms with E-state index < -0.39 is 0 Å². The van der Waals surface area contributed by atoms with Gasteiger partial charge in [-0.2, -0.15) is 0 Å². The second-order valence-electron chi connectivity index (χ2n) is 5.47. The Morgan fingerprint density at radius 3 is 2.90 bits per heavy atom. The first-order chi connectivity index (χ1) is 9.70. The van der Waals surface area contributed by atoms with E-state index in [2.05, 4.69) is 24.2 Å². The molecule has 1 aromatic rings. The van der Waals surface area contributed by atoms with Crippen molar-refractivity contribution in [1.82, 2.24) is 10.2 Å². The molecule has 112 valence electrons. The van der Waals surface area contributed by atoms with Crippen LogP contribution < -0.4 is 5.32 Å². The Morgan fingerprint density at radius 2 is 2.20 bits per heavy atom.